The number of carbonyl (C=O) groups is 1. The van der Waals surface area contributed by atoms with E-state index >= 15 is 0 Å². The molecular formula is C14H20N2O2. The first-order valence-electron chi connectivity index (χ1n) is 6.31. The Labute approximate surface area is 108 Å². The molecule has 0 aliphatic rings. The van der Waals surface area contributed by atoms with E-state index in [1.807, 2.05) is 31.2 Å². The maximum absolute atomic E-state index is 11.3. The van der Waals surface area contributed by atoms with Gasteiger partial charge in [0.2, 0.25) is 5.91 Å². The highest BCUT2D eigenvalue weighted by atomic mass is 16.5. The van der Waals surface area contributed by atoms with E-state index in [0.29, 0.717) is 13.0 Å². The molecule has 1 aromatic carbocycles. The van der Waals surface area contributed by atoms with E-state index in [1.165, 1.54) is 0 Å². The van der Waals surface area contributed by atoms with Gasteiger partial charge in [-0.05, 0) is 43.2 Å². The van der Waals surface area contributed by atoms with Crippen LogP contribution in [0.2, 0.25) is 0 Å². The molecular weight excluding hydrogens is 228 g/mol. The molecule has 0 bridgehead atoms. The van der Waals surface area contributed by atoms with Crippen molar-refractivity contribution in [3.63, 3.8) is 0 Å². The third-order valence-corrected chi connectivity index (χ3v) is 2.35. The van der Waals surface area contributed by atoms with E-state index in [2.05, 4.69) is 17.5 Å². The summed E-state index contributed by atoms with van der Waals surface area (Å²) in [4.78, 5) is 11.3. The Hall–Kier alpha value is -1.84. The Bertz CT molecular complexity index is 385. The first kappa shape index (κ1) is 14.2. The summed E-state index contributed by atoms with van der Waals surface area (Å²) in [7, 11) is 0. The van der Waals surface area contributed by atoms with Crippen LogP contribution >= 0.6 is 0 Å². The molecule has 0 spiro atoms. The van der Waals surface area contributed by atoms with Gasteiger partial charge in [0.1, 0.15) is 5.75 Å². The summed E-state index contributed by atoms with van der Waals surface area (Å²) in [6, 6.07) is 7.55. The third kappa shape index (κ3) is 5.48. The molecule has 1 N–H and O–H groups in total. The minimum atomic E-state index is -0.0426. The molecule has 0 atom stereocenters. The Morgan fingerprint density at radius 3 is 2.67 bits per heavy atom. The van der Waals surface area contributed by atoms with Gasteiger partial charge in [0.05, 0.1) is 12.8 Å². The maximum atomic E-state index is 11.3. The van der Waals surface area contributed by atoms with Crippen molar-refractivity contribution in [2.24, 2.45) is 5.10 Å². The van der Waals surface area contributed by atoms with Crippen LogP contribution in [0.5, 0.6) is 5.75 Å². The van der Waals surface area contributed by atoms with Crippen LogP contribution < -0.4 is 10.2 Å². The van der Waals surface area contributed by atoms with E-state index in [9.17, 15) is 4.79 Å². The van der Waals surface area contributed by atoms with Crippen molar-refractivity contribution < 1.29 is 9.53 Å². The first-order chi connectivity index (χ1) is 8.76. The molecule has 0 radical (unpaired) electrons. The van der Waals surface area contributed by atoms with Gasteiger partial charge in [-0.25, -0.2) is 5.43 Å². The van der Waals surface area contributed by atoms with Crippen molar-refractivity contribution in [2.75, 3.05) is 6.61 Å². The van der Waals surface area contributed by atoms with Crippen LogP contribution in [0.4, 0.5) is 0 Å². The number of hydrogen-bond acceptors (Lipinski definition) is 3. The summed E-state index contributed by atoms with van der Waals surface area (Å²) in [6.45, 7) is 4.65. The number of ether oxygens (including phenoxy) is 1. The molecule has 1 rings (SSSR count). The van der Waals surface area contributed by atoms with Gasteiger partial charge in [0.25, 0.3) is 0 Å². The zero-order valence-corrected chi connectivity index (χ0v) is 11.0. The fourth-order valence-electron chi connectivity index (χ4n) is 1.39. The lowest BCUT2D eigenvalue weighted by atomic mass is 10.2. The molecule has 1 amide bonds. The highest BCUT2D eigenvalue weighted by molar-refractivity contribution is 5.82. The topological polar surface area (TPSA) is 50.7 Å². The first-order valence-corrected chi connectivity index (χ1v) is 6.31. The maximum Gasteiger partial charge on any atom is 0.240 e. The second-order valence-electron chi connectivity index (χ2n) is 3.90. The Morgan fingerprint density at radius 1 is 1.33 bits per heavy atom. The Morgan fingerprint density at radius 2 is 2.06 bits per heavy atom. The van der Waals surface area contributed by atoms with Gasteiger partial charge in [0.15, 0.2) is 0 Å². The molecule has 4 nitrogen and oxygen atoms in total. The van der Waals surface area contributed by atoms with Gasteiger partial charge in [-0.3, -0.25) is 4.79 Å². The molecule has 98 valence electrons. The molecule has 0 fully saturated rings. The molecule has 0 saturated carbocycles. The molecule has 0 aliphatic carbocycles. The van der Waals surface area contributed by atoms with Gasteiger partial charge in [-0.1, -0.05) is 13.3 Å². The van der Waals surface area contributed by atoms with Crippen LogP contribution in [0.15, 0.2) is 29.4 Å². The molecule has 0 saturated heterocycles. The molecule has 0 aromatic heterocycles. The van der Waals surface area contributed by atoms with Crippen molar-refractivity contribution in [1.29, 1.82) is 0 Å². The average Bonchev–Trinajstić information content (AvgIpc) is 2.39. The summed E-state index contributed by atoms with van der Waals surface area (Å²) in [5.41, 5.74) is 3.43. The minimum Gasteiger partial charge on any atom is -0.494 e. The van der Waals surface area contributed by atoms with Crippen LogP contribution in [-0.2, 0) is 4.79 Å². The number of nitrogens with zero attached hydrogens (tertiary/aromatic N) is 1. The standard InChI is InChI=1S/C14H20N2O2/c1-3-5-6-14(17)16-15-11-12-7-9-13(10-8-12)18-4-2/h7-11H,3-6H2,1-2H3,(H,16,17). The van der Waals surface area contributed by atoms with Gasteiger partial charge in [0, 0.05) is 6.42 Å². The fraction of sp³-hybridized carbons (Fsp3) is 0.429. The van der Waals surface area contributed by atoms with Crippen molar-refractivity contribution in [3.05, 3.63) is 29.8 Å². The normalized spacial score (nSPS) is 10.6. The van der Waals surface area contributed by atoms with Crippen LogP contribution in [-0.4, -0.2) is 18.7 Å². The van der Waals surface area contributed by atoms with Crippen LogP contribution in [0.3, 0.4) is 0 Å². The summed E-state index contributed by atoms with van der Waals surface area (Å²) in [5, 5.41) is 3.90. The number of hydrazone groups is 1. The van der Waals surface area contributed by atoms with E-state index in [4.69, 9.17) is 4.74 Å². The van der Waals surface area contributed by atoms with Crippen molar-refractivity contribution in [1.82, 2.24) is 5.43 Å². The van der Waals surface area contributed by atoms with E-state index in [1.54, 1.807) is 6.21 Å². The monoisotopic (exact) mass is 248 g/mol. The molecule has 0 unspecified atom stereocenters. The summed E-state index contributed by atoms with van der Waals surface area (Å²) in [5.74, 6) is 0.792. The second kappa shape index (κ2) is 8.28. The predicted octanol–water partition coefficient (Wildman–Crippen LogP) is 2.73. The van der Waals surface area contributed by atoms with Crippen molar-refractivity contribution in [2.45, 2.75) is 33.1 Å². The van der Waals surface area contributed by atoms with E-state index in [0.717, 1.165) is 24.2 Å². The number of benzene rings is 1. The van der Waals surface area contributed by atoms with Gasteiger partial charge in [-0.2, -0.15) is 5.10 Å². The zero-order valence-electron chi connectivity index (χ0n) is 11.0. The smallest absolute Gasteiger partial charge is 0.240 e. The molecule has 1 aromatic rings. The molecule has 0 heterocycles. The number of unbranched alkanes of at least 4 members (excludes halogenated alkanes) is 1. The second-order valence-corrected chi connectivity index (χ2v) is 3.90. The van der Waals surface area contributed by atoms with Gasteiger partial charge >= 0.3 is 0 Å². The van der Waals surface area contributed by atoms with Crippen LogP contribution in [0, 0.1) is 0 Å². The number of rotatable bonds is 7. The predicted molar refractivity (Wildman–Crippen MR) is 72.9 cm³/mol. The van der Waals surface area contributed by atoms with E-state index in [-0.39, 0.29) is 5.91 Å². The summed E-state index contributed by atoms with van der Waals surface area (Å²) in [6.07, 6.45) is 4.05. The number of amides is 1. The van der Waals surface area contributed by atoms with Crippen LogP contribution in [0.1, 0.15) is 38.7 Å². The van der Waals surface area contributed by atoms with Crippen molar-refractivity contribution in [3.8, 4) is 5.75 Å². The molecule has 4 heteroatoms. The highest BCUT2D eigenvalue weighted by Crippen LogP contribution is 2.10. The van der Waals surface area contributed by atoms with Gasteiger partial charge < -0.3 is 4.74 Å². The zero-order chi connectivity index (χ0) is 13.2. The number of carbonyl (C=O) groups excluding carboxylic acids is 1. The quantitative estimate of drug-likeness (QED) is 0.596. The summed E-state index contributed by atoms with van der Waals surface area (Å²) < 4.78 is 5.33. The van der Waals surface area contributed by atoms with Crippen LogP contribution in [0.25, 0.3) is 0 Å². The average molecular weight is 248 g/mol. The minimum absolute atomic E-state index is 0.0426. The fourth-order valence-corrected chi connectivity index (χ4v) is 1.39. The lowest BCUT2D eigenvalue weighted by molar-refractivity contribution is -0.121. The van der Waals surface area contributed by atoms with E-state index < -0.39 is 0 Å². The lowest BCUT2D eigenvalue weighted by Crippen LogP contribution is -2.16. The number of hydrogen-bond donors (Lipinski definition) is 1. The third-order valence-electron chi connectivity index (χ3n) is 2.35. The Balaban J connectivity index is 2.39. The van der Waals surface area contributed by atoms with Gasteiger partial charge in [-0.15, -0.1) is 0 Å². The largest absolute Gasteiger partial charge is 0.494 e. The Kier molecular flexibility index (Phi) is 6.54. The number of nitrogens with one attached hydrogen (secondary N) is 1. The summed E-state index contributed by atoms with van der Waals surface area (Å²) >= 11 is 0. The molecule has 18 heavy (non-hydrogen) atoms. The van der Waals surface area contributed by atoms with Crippen molar-refractivity contribution >= 4 is 12.1 Å². The highest BCUT2D eigenvalue weighted by Gasteiger charge is 1.97. The molecule has 0 aliphatic heterocycles. The SMILES string of the molecule is CCCCC(=O)NN=Cc1ccc(OCC)cc1. The lowest BCUT2D eigenvalue weighted by Gasteiger charge is -2.02.